The van der Waals surface area contributed by atoms with Crippen molar-refractivity contribution in [3.8, 4) is 12.0 Å². The lowest BCUT2D eigenvalue weighted by atomic mass is 10.2. The third-order valence-electron chi connectivity index (χ3n) is 1.32. The molecule has 1 aromatic rings. The Morgan fingerprint density at radius 2 is 1.92 bits per heavy atom. The van der Waals surface area contributed by atoms with Gasteiger partial charge < -0.3 is 4.74 Å². The van der Waals surface area contributed by atoms with Gasteiger partial charge in [-0.05, 0) is 23.8 Å². The van der Waals surface area contributed by atoms with E-state index in [0.29, 0.717) is 5.75 Å². The molecule has 66 valence electrons. The summed E-state index contributed by atoms with van der Waals surface area (Å²) in [5.74, 6) is 0.491. The summed E-state index contributed by atoms with van der Waals surface area (Å²) in [6.07, 6.45) is 3.17. The molecule has 0 bridgehead atoms. The zero-order valence-corrected chi connectivity index (χ0v) is 8.01. The second-order valence-electron chi connectivity index (χ2n) is 2.20. The molecule has 0 aliphatic carbocycles. The third-order valence-corrected chi connectivity index (χ3v) is 1.54. The standard InChI is InChI=1S/C9H5Cl2NO/c10-9(11)5-7-1-3-8(4-2-7)13-6-12/h1-5H. The summed E-state index contributed by atoms with van der Waals surface area (Å²) in [6.45, 7) is 0. The van der Waals surface area contributed by atoms with E-state index in [1.807, 2.05) is 0 Å². The van der Waals surface area contributed by atoms with E-state index in [0.717, 1.165) is 5.56 Å². The van der Waals surface area contributed by atoms with Gasteiger partial charge in [-0.3, -0.25) is 0 Å². The van der Waals surface area contributed by atoms with Crippen LogP contribution in [0, 0.1) is 11.5 Å². The maximum Gasteiger partial charge on any atom is 0.292 e. The highest BCUT2D eigenvalue weighted by atomic mass is 35.5. The highest BCUT2D eigenvalue weighted by Gasteiger charge is 1.93. The summed E-state index contributed by atoms with van der Waals surface area (Å²) in [7, 11) is 0. The van der Waals surface area contributed by atoms with E-state index < -0.39 is 0 Å². The number of hydrogen-bond acceptors (Lipinski definition) is 2. The van der Waals surface area contributed by atoms with E-state index in [-0.39, 0.29) is 4.49 Å². The van der Waals surface area contributed by atoms with Gasteiger partial charge >= 0.3 is 0 Å². The summed E-state index contributed by atoms with van der Waals surface area (Å²) in [4.78, 5) is 0. The number of halogens is 2. The predicted molar refractivity (Wildman–Crippen MR) is 52.4 cm³/mol. The SMILES string of the molecule is N#COc1ccc(C=C(Cl)Cl)cc1. The Balaban J connectivity index is 2.83. The molecule has 13 heavy (non-hydrogen) atoms. The van der Waals surface area contributed by atoms with Gasteiger partial charge in [0.05, 0.1) is 0 Å². The molecule has 0 amide bonds. The number of hydrogen-bond donors (Lipinski definition) is 0. The maximum absolute atomic E-state index is 8.21. The molecule has 4 heteroatoms. The van der Waals surface area contributed by atoms with E-state index in [1.165, 1.54) is 0 Å². The van der Waals surface area contributed by atoms with E-state index in [4.69, 9.17) is 28.5 Å². The van der Waals surface area contributed by atoms with Gasteiger partial charge in [-0.1, -0.05) is 35.3 Å². The van der Waals surface area contributed by atoms with Crippen molar-refractivity contribution in [3.63, 3.8) is 0 Å². The molecule has 2 nitrogen and oxygen atoms in total. The normalized spacial score (nSPS) is 8.69. The summed E-state index contributed by atoms with van der Waals surface area (Å²) < 4.78 is 4.77. The monoisotopic (exact) mass is 213 g/mol. The van der Waals surface area contributed by atoms with Gasteiger partial charge in [0, 0.05) is 0 Å². The fourth-order valence-corrected chi connectivity index (χ4v) is 1.06. The zero-order valence-electron chi connectivity index (χ0n) is 6.50. The Bertz CT molecular complexity index is 347. The van der Waals surface area contributed by atoms with Crippen LogP contribution in [-0.4, -0.2) is 0 Å². The van der Waals surface area contributed by atoms with Crippen LogP contribution in [0.25, 0.3) is 6.08 Å². The number of benzene rings is 1. The van der Waals surface area contributed by atoms with E-state index in [1.54, 1.807) is 36.6 Å². The molecule has 0 aliphatic heterocycles. The van der Waals surface area contributed by atoms with Crippen molar-refractivity contribution in [2.75, 3.05) is 0 Å². The van der Waals surface area contributed by atoms with Crippen molar-refractivity contribution < 1.29 is 4.74 Å². The first-order chi connectivity index (χ1) is 6.22. The average molecular weight is 214 g/mol. The van der Waals surface area contributed by atoms with Gasteiger partial charge in [0.2, 0.25) is 0 Å². The molecule has 0 atom stereocenters. The molecule has 0 saturated carbocycles. The smallest absolute Gasteiger partial charge is 0.292 e. The molecule has 0 unspecified atom stereocenters. The quantitative estimate of drug-likeness (QED) is 0.707. The van der Waals surface area contributed by atoms with Crippen LogP contribution in [0.4, 0.5) is 0 Å². The second kappa shape index (κ2) is 4.76. The lowest BCUT2D eigenvalue weighted by Gasteiger charge is -1.96. The van der Waals surface area contributed by atoms with Crippen molar-refractivity contribution in [3.05, 3.63) is 34.3 Å². The molecule has 0 spiro atoms. The van der Waals surface area contributed by atoms with Crippen LogP contribution in [0.5, 0.6) is 5.75 Å². The molecule has 0 saturated heterocycles. The number of rotatable bonds is 2. The molecule has 1 rings (SSSR count). The van der Waals surface area contributed by atoms with Crippen LogP contribution in [0.2, 0.25) is 0 Å². The van der Waals surface area contributed by atoms with Crippen LogP contribution in [0.3, 0.4) is 0 Å². The zero-order chi connectivity index (χ0) is 9.68. The van der Waals surface area contributed by atoms with Crippen molar-refractivity contribution in [1.29, 1.82) is 5.26 Å². The number of nitrogens with zero attached hydrogens (tertiary/aromatic N) is 1. The van der Waals surface area contributed by atoms with Crippen LogP contribution in [0.15, 0.2) is 28.8 Å². The van der Waals surface area contributed by atoms with Gasteiger partial charge in [-0.2, -0.15) is 0 Å². The fourth-order valence-electron chi connectivity index (χ4n) is 0.811. The van der Waals surface area contributed by atoms with Crippen LogP contribution in [0.1, 0.15) is 5.56 Å². The van der Waals surface area contributed by atoms with Gasteiger partial charge in [-0.25, -0.2) is 0 Å². The number of nitriles is 1. The second-order valence-corrected chi connectivity index (χ2v) is 3.20. The summed E-state index contributed by atoms with van der Waals surface area (Å²) in [5, 5.41) is 8.21. The van der Waals surface area contributed by atoms with Crippen molar-refractivity contribution in [2.24, 2.45) is 0 Å². The van der Waals surface area contributed by atoms with Crippen LogP contribution in [-0.2, 0) is 0 Å². The van der Waals surface area contributed by atoms with E-state index in [2.05, 4.69) is 4.74 Å². The molecule has 0 fully saturated rings. The molecule has 0 N–H and O–H groups in total. The van der Waals surface area contributed by atoms with Gasteiger partial charge in [0.15, 0.2) is 0 Å². The van der Waals surface area contributed by atoms with Crippen molar-refractivity contribution in [2.45, 2.75) is 0 Å². The minimum absolute atomic E-state index is 0.189. The fraction of sp³-hybridized carbons (Fsp3) is 0. The lowest BCUT2D eigenvalue weighted by Crippen LogP contribution is -1.80. The summed E-state index contributed by atoms with van der Waals surface area (Å²) in [5.41, 5.74) is 0.852. The van der Waals surface area contributed by atoms with E-state index >= 15 is 0 Å². The Labute approximate surface area is 85.9 Å². The Kier molecular flexibility index (Phi) is 3.63. The van der Waals surface area contributed by atoms with Gasteiger partial charge in [0.1, 0.15) is 10.2 Å². The van der Waals surface area contributed by atoms with Crippen molar-refractivity contribution >= 4 is 29.3 Å². The first kappa shape index (κ1) is 9.91. The van der Waals surface area contributed by atoms with E-state index in [9.17, 15) is 0 Å². The minimum Gasteiger partial charge on any atom is -0.388 e. The lowest BCUT2D eigenvalue weighted by molar-refractivity contribution is 0.507. The molecule has 1 aromatic carbocycles. The Morgan fingerprint density at radius 3 is 2.38 bits per heavy atom. The first-order valence-electron chi connectivity index (χ1n) is 3.41. The highest BCUT2D eigenvalue weighted by molar-refractivity contribution is 6.57. The van der Waals surface area contributed by atoms with Crippen molar-refractivity contribution in [1.82, 2.24) is 0 Å². The highest BCUT2D eigenvalue weighted by Crippen LogP contribution is 2.17. The predicted octanol–water partition coefficient (Wildman–Crippen LogP) is 3.32. The first-order valence-corrected chi connectivity index (χ1v) is 4.16. The topological polar surface area (TPSA) is 33.0 Å². The van der Waals surface area contributed by atoms with Gasteiger partial charge in [0.25, 0.3) is 6.26 Å². The van der Waals surface area contributed by atoms with Gasteiger partial charge in [-0.15, -0.1) is 5.26 Å². The summed E-state index contributed by atoms with van der Waals surface area (Å²) in [6, 6.07) is 6.81. The van der Waals surface area contributed by atoms with Crippen LogP contribution >= 0.6 is 23.2 Å². The maximum atomic E-state index is 8.21. The molecule has 0 radical (unpaired) electrons. The molecule has 0 heterocycles. The molecule has 0 aromatic heterocycles. The Hall–Kier alpha value is -1.17. The molecule has 0 aliphatic rings. The molecular weight excluding hydrogens is 209 g/mol. The third kappa shape index (κ3) is 3.37. The summed E-state index contributed by atoms with van der Waals surface area (Å²) >= 11 is 10.9. The largest absolute Gasteiger partial charge is 0.388 e. The Morgan fingerprint density at radius 1 is 1.31 bits per heavy atom. The molecular formula is C9H5Cl2NO. The average Bonchev–Trinajstić information content (AvgIpc) is 2.08. The minimum atomic E-state index is 0.189. The van der Waals surface area contributed by atoms with Crippen LogP contribution < -0.4 is 4.74 Å². The number of ether oxygens (including phenoxy) is 1.